The molecule has 20 heavy (non-hydrogen) atoms. The molecule has 0 bridgehead atoms. The van der Waals surface area contributed by atoms with Gasteiger partial charge in [0.05, 0.1) is 6.10 Å². The Kier molecular flexibility index (Phi) is 4.69. The molecule has 1 aromatic heterocycles. The average molecular weight is 297 g/mol. The van der Waals surface area contributed by atoms with Gasteiger partial charge in [0.2, 0.25) is 0 Å². The summed E-state index contributed by atoms with van der Waals surface area (Å²) >= 11 is 1.08. The van der Waals surface area contributed by atoms with Gasteiger partial charge in [-0.3, -0.25) is 0 Å². The molecule has 4 nitrogen and oxygen atoms in total. The highest BCUT2D eigenvalue weighted by Crippen LogP contribution is 2.33. The van der Waals surface area contributed by atoms with Crippen molar-refractivity contribution in [3.63, 3.8) is 0 Å². The third-order valence-corrected chi connectivity index (χ3v) is 4.18. The van der Waals surface area contributed by atoms with Crippen LogP contribution in [0.3, 0.4) is 0 Å². The number of rotatable bonds is 6. The number of hydrogen-bond donors (Lipinski definition) is 3. The van der Waals surface area contributed by atoms with Crippen molar-refractivity contribution in [1.29, 1.82) is 0 Å². The van der Waals surface area contributed by atoms with Gasteiger partial charge < -0.3 is 15.5 Å². The average Bonchev–Trinajstić information content (AvgIpc) is 2.75. The Hall–Kier alpha value is -1.50. The van der Waals surface area contributed by atoms with E-state index in [1.165, 1.54) is 6.07 Å². The van der Waals surface area contributed by atoms with Crippen LogP contribution in [0.1, 0.15) is 28.6 Å². The number of carbonyl (C=O) groups is 1. The number of thiophene rings is 1. The van der Waals surface area contributed by atoms with Crippen LogP contribution < -0.4 is 5.32 Å². The monoisotopic (exact) mass is 297 g/mol. The second-order valence-electron chi connectivity index (χ2n) is 4.64. The van der Waals surface area contributed by atoms with Crippen LogP contribution in [0, 0.1) is 5.82 Å². The molecule has 1 unspecified atom stereocenters. The molecular weight excluding hydrogens is 281 g/mol. The van der Waals surface area contributed by atoms with E-state index in [0.29, 0.717) is 28.6 Å². The Bertz CT molecular complexity index is 624. The normalized spacial score (nSPS) is 12.8. The Morgan fingerprint density at radius 2 is 2.25 bits per heavy atom. The van der Waals surface area contributed by atoms with Gasteiger partial charge in [0.15, 0.2) is 0 Å². The quantitative estimate of drug-likeness (QED) is 0.717. The van der Waals surface area contributed by atoms with Gasteiger partial charge in [-0.2, -0.15) is 0 Å². The number of carboxylic acids is 1. The number of benzene rings is 1. The van der Waals surface area contributed by atoms with Crippen LogP contribution in [0.4, 0.5) is 4.39 Å². The maximum Gasteiger partial charge on any atom is 0.346 e. The first-order valence-corrected chi connectivity index (χ1v) is 7.14. The molecule has 108 valence electrons. The molecule has 1 atom stereocenters. The van der Waals surface area contributed by atoms with Gasteiger partial charge in [-0.15, -0.1) is 11.3 Å². The zero-order valence-corrected chi connectivity index (χ0v) is 11.8. The summed E-state index contributed by atoms with van der Waals surface area (Å²) in [6.07, 6.45) is 0.143. The van der Waals surface area contributed by atoms with Crippen LogP contribution in [0.15, 0.2) is 18.2 Å². The van der Waals surface area contributed by atoms with E-state index in [2.05, 4.69) is 5.32 Å². The van der Waals surface area contributed by atoms with E-state index in [4.69, 9.17) is 0 Å². The minimum atomic E-state index is -1.04. The first-order valence-electron chi connectivity index (χ1n) is 6.32. The lowest BCUT2D eigenvalue weighted by Crippen LogP contribution is -2.19. The van der Waals surface area contributed by atoms with Crippen LogP contribution in [0.5, 0.6) is 0 Å². The first kappa shape index (κ1) is 14.9. The molecule has 0 saturated heterocycles. The lowest BCUT2D eigenvalue weighted by molar-refractivity contribution is 0.0701. The minimum absolute atomic E-state index is 0.162. The fourth-order valence-electron chi connectivity index (χ4n) is 2.03. The van der Waals surface area contributed by atoms with E-state index >= 15 is 0 Å². The maximum absolute atomic E-state index is 13.9. The Morgan fingerprint density at radius 3 is 2.90 bits per heavy atom. The molecule has 0 fully saturated rings. The van der Waals surface area contributed by atoms with Crippen LogP contribution >= 0.6 is 11.3 Å². The maximum atomic E-state index is 13.9. The molecule has 0 amide bonds. The standard InChI is InChI=1S/C14H16FNO3S/c1-8(17)5-6-16-7-9-12-10(15)3-2-4-11(12)20-13(9)14(18)19/h2-4,8,16-17H,5-7H2,1H3,(H,18,19). The van der Waals surface area contributed by atoms with E-state index in [1.807, 2.05) is 0 Å². The SMILES string of the molecule is CC(O)CCNCc1c(C(=O)O)sc2cccc(F)c12. The number of aromatic carboxylic acids is 1. The Labute approximate surface area is 119 Å². The smallest absolute Gasteiger partial charge is 0.346 e. The molecule has 0 saturated carbocycles. The first-order chi connectivity index (χ1) is 9.50. The number of carboxylic acid groups (broad SMARTS) is 1. The number of aliphatic hydroxyl groups excluding tert-OH is 1. The summed E-state index contributed by atoms with van der Waals surface area (Å²) in [4.78, 5) is 11.4. The fraction of sp³-hybridized carbons (Fsp3) is 0.357. The second kappa shape index (κ2) is 6.30. The Morgan fingerprint density at radius 1 is 1.50 bits per heavy atom. The Balaban J connectivity index is 2.29. The summed E-state index contributed by atoms with van der Waals surface area (Å²) in [7, 11) is 0. The number of aliphatic hydroxyl groups is 1. The molecule has 0 spiro atoms. The van der Waals surface area contributed by atoms with Crippen LogP contribution in [-0.4, -0.2) is 28.8 Å². The summed E-state index contributed by atoms with van der Waals surface area (Å²) in [5, 5.41) is 21.8. The van der Waals surface area contributed by atoms with Crippen LogP contribution in [0.25, 0.3) is 10.1 Å². The number of halogens is 1. The van der Waals surface area contributed by atoms with E-state index < -0.39 is 17.9 Å². The van der Waals surface area contributed by atoms with Crippen molar-refractivity contribution >= 4 is 27.4 Å². The summed E-state index contributed by atoms with van der Waals surface area (Å²) in [6, 6.07) is 4.62. The van der Waals surface area contributed by atoms with Crippen molar-refractivity contribution in [1.82, 2.24) is 5.32 Å². The fourth-order valence-corrected chi connectivity index (χ4v) is 3.11. The van der Waals surface area contributed by atoms with Gasteiger partial charge in [0.1, 0.15) is 10.7 Å². The van der Waals surface area contributed by atoms with Crippen molar-refractivity contribution in [2.45, 2.75) is 26.0 Å². The highest BCUT2D eigenvalue weighted by atomic mass is 32.1. The zero-order valence-electron chi connectivity index (χ0n) is 11.0. The van der Waals surface area contributed by atoms with Crippen molar-refractivity contribution in [3.05, 3.63) is 34.5 Å². The van der Waals surface area contributed by atoms with Crippen molar-refractivity contribution in [2.75, 3.05) is 6.54 Å². The van der Waals surface area contributed by atoms with Gasteiger partial charge in [-0.25, -0.2) is 9.18 Å². The number of nitrogens with one attached hydrogen (secondary N) is 1. The van der Waals surface area contributed by atoms with Gasteiger partial charge in [0, 0.05) is 22.2 Å². The molecule has 1 aromatic carbocycles. The summed E-state index contributed by atoms with van der Waals surface area (Å²) in [5.41, 5.74) is 0.473. The summed E-state index contributed by atoms with van der Waals surface area (Å²) < 4.78 is 14.5. The topological polar surface area (TPSA) is 69.6 Å². The molecule has 2 rings (SSSR count). The molecule has 3 N–H and O–H groups in total. The lowest BCUT2D eigenvalue weighted by atomic mass is 10.1. The number of fused-ring (bicyclic) bond motifs is 1. The van der Waals surface area contributed by atoms with E-state index in [-0.39, 0.29) is 11.4 Å². The predicted molar refractivity (Wildman–Crippen MR) is 76.7 cm³/mol. The van der Waals surface area contributed by atoms with Crippen molar-refractivity contribution in [3.8, 4) is 0 Å². The summed E-state index contributed by atoms with van der Waals surface area (Å²) in [5.74, 6) is -1.45. The van der Waals surface area contributed by atoms with E-state index in [9.17, 15) is 19.4 Å². The van der Waals surface area contributed by atoms with Crippen molar-refractivity contribution < 1.29 is 19.4 Å². The predicted octanol–water partition coefficient (Wildman–Crippen LogP) is 2.60. The third kappa shape index (κ3) is 3.15. The zero-order chi connectivity index (χ0) is 14.7. The largest absolute Gasteiger partial charge is 0.477 e. The second-order valence-corrected chi connectivity index (χ2v) is 5.69. The van der Waals surface area contributed by atoms with Crippen LogP contribution in [0.2, 0.25) is 0 Å². The molecule has 0 aliphatic rings. The van der Waals surface area contributed by atoms with Gasteiger partial charge >= 0.3 is 5.97 Å². The lowest BCUT2D eigenvalue weighted by Gasteiger charge is -2.07. The molecular formula is C14H16FNO3S. The van der Waals surface area contributed by atoms with Gasteiger partial charge in [-0.1, -0.05) is 6.07 Å². The minimum Gasteiger partial charge on any atom is -0.477 e. The van der Waals surface area contributed by atoms with E-state index in [1.54, 1.807) is 19.1 Å². The van der Waals surface area contributed by atoms with E-state index in [0.717, 1.165) is 11.3 Å². The molecule has 0 aliphatic carbocycles. The number of hydrogen-bond acceptors (Lipinski definition) is 4. The van der Waals surface area contributed by atoms with Crippen LogP contribution in [-0.2, 0) is 6.54 Å². The highest BCUT2D eigenvalue weighted by Gasteiger charge is 2.19. The van der Waals surface area contributed by atoms with Gasteiger partial charge in [0.25, 0.3) is 0 Å². The molecule has 6 heteroatoms. The molecule has 0 radical (unpaired) electrons. The highest BCUT2D eigenvalue weighted by molar-refractivity contribution is 7.21. The molecule has 0 aliphatic heterocycles. The summed E-state index contributed by atoms with van der Waals surface area (Å²) in [6.45, 7) is 2.50. The molecule has 2 aromatic rings. The van der Waals surface area contributed by atoms with Gasteiger partial charge in [-0.05, 0) is 32.0 Å². The van der Waals surface area contributed by atoms with Crippen molar-refractivity contribution in [2.24, 2.45) is 0 Å². The third-order valence-electron chi connectivity index (χ3n) is 3.00. The molecule has 1 heterocycles.